The summed E-state index contributed by atoms with van der Waals surface area (Å²) in [4.78, 5) is 26.0. The van der Waals surface area contributed by atoms with E-state index >= 15 is 0 Å². The first kappa shape index (κ1) is 16.2. The molecule has 4 nitrogen and oxygen atoms in total. The van der Waals surface area contributed by atoms with Crippen molar-refractivity contribution >= 4 is 51.5 Å². The van der Waals surface area contributed by atoms with Gasteiger partial charge < -0.3 is 0 Å². The van der Waals surface area contributed by atoms with E-state index in [2.05, 4.69) is 0 Å². The van der Waals surface area contributed by atoms with Gasteiger partial charge >= 0.3 is 0 Å². The number of amides is 2. The highest BCUT2D eigenvalue weighted by molar-refractivity contribution is 7.87. The van der Waals surface area contributed by atoms with Gasteiger partial charge in [-0.1, -0.05) is 53.5 Å². The molecule has 2 unspecified atom stereocenters. The molecule has 2 amide bonds. The summed E-state index contributed by atoms with van der Waals surface area (Å²) in [5.41, 5.74) is 0.945. The zero-order chi connectivity index (χ0) is 16.6. The number of hydrogen-bond donors (Lipinski definition) is 0. The van der Waals surface area contributed by atoms with Gasteiger partial charge in [-0.2, -0.15) is 0 Å². The minimum Gasteiger partial charge on any atom is -0.273 e. The number of halogens is 2. The Labute approximate surface area is 145 Å². The summed E-state index contributed by atoms with van der Waals surface area (Å²) in [5, 5.41) is -0.299. The molecule has 1 saturated heterocycles. The zero-order valence-electron chi connectivity index (χ0n) is 11.7. The molecule has 118 valence electrons. The van der Waals surface area contributed by atoms with Crippen molar-refractivity contribution in [2.75, 3.05) is 10.7 Å². The molecule has 1 aliphatic heterocycles. The highest BCUT2D eigenvalue weighted by atomic mass is 35.5. The Bertz CT molecular complexity index is 810. The number of carbonyl (C=O) groups is 2. The molecule has 3 rings (SSSR count). The van der Waals surface area contributed by atoms with E-state index in [1.165, 1.54) is 12.1 Å². The lowest BCUT2D eigenvalue weighted by Crippen LogP contribution is -2.49. The van der Waals surface area contributed by atoms with Crippen molar-refractivity contribution in [3.63, 3.8) is 0 Å². The molecule has 0 bridgehead atoms. The molecule has 7 heteroatoms. The topological polar surface area (TPSA) is 54.5 Å². The molecule has 0 N–H and O–H groups in total. The van der Waals surface area contributed by atoms with Crippen LogP contribution in [0.2, 0.25) is 10.0 Å². The fourth-order valence-electron chi connectivity index (χ4n) is 2.44. The fourth-order valence-corrected chi connectivity index (χ4v) is 4.06. The third kappa shape index (κ3) is 3.04. The quantitative estimate of drug-likeness (QED) is 0.764. The third-order valence-corrected chi connectivity index (χ3v) is 5.76. The highest BCUT2D eigenvalue weighted by Gasteiger charge is 2.41. The Kier molecular flexibility index (Phi) is 4.53. The van der Waals surface area contributed by atoms with Gasteiger partial charge in [-0.15, -0.1) is 0 Å². The van der Waals surface area contributed by atoms with Gasteiger partial charge in [0.05, 0.1) is 15.7 Å². The van der Waals surface area contributed by atoms with Crippen molar-refractivity contribution in [3.05, 3.63) is 64.1 Å². The van der Waals surface area contributed by atoms with Crippen molar-refractivity contribution in [2.24, 2.45) is 0 Å². The predicted molar refractivity (Wildman–Crippen MR) is 91.1 cm³/mol. The molecule has 2 aromatic rings. The first-order chi connectivity index (χ1) is 11.0. The largest absolute Gasteiger partial charge is 0.273 e. The number of hydrogen-bond acceptors (Lipinski definition) is 3. The molecule has 0 spiro atoms. The number of carbonyl (C=O) groups excluding carboxylic acids is 2. The van der Waals surface area contributed by atoms with E-state index in [1.807, 2.05) is 6.07 Å². The summed E-state index contributed by atoms with van der Waals surface area (Å²) in [6, 6.07) is 13.3. The molecule has 1 heterocycles. The van der Waals surface area contributed by atoms with Crippen LogP contribution in [0.3, 0.4) is 0 Å². The average Bonchev–Trinajstić information content (AvgIpc) is 2.51. The lowest BCUT2D eigenvalue weighted by atomic mass is 10.1. The van der Waals surface area contributed by atoms with Crippen LogP contribution in [0.15, 0.2) is 48.5 Å². The summed E-state index contributed by atoms with van der Waals surface area (Å²) in [6.07, 6.45) is 0. The molecule has 23 heavy (non-hydrogen) atoms. The van der Waals surface area contributed by atoms with Gasteiger partial charge in [-0.25, -0.2) is 4.90 Å². The van der Waals surface area contributed by atoms with Gasteiger partial charge in [0.1, 0.15) is 11.0 Å². The molecule has 0 saturated carbocycles. The Morgan fingerprint density at radius 1 is 1.00 bits per heavy atom. The van der Waals surface area contributed by atoms with Crippen LogP contribution in [0, 0.1) is 0 Å². The number of imide groups is 1. The molecule has 0 radical (unpaired) electrons. The second-order valence-corrected chi connectivity index (χ2v) is 7.32. The Morgan fingerprint density at radius 3 is 2.35 bits per heavy atom. The number of nitrogens with zero attached hydrogens (tertiary/aromatic N) is 1. The molecule has 2 aromatic carbocycles. The van der Waals surface area contributed by atoms with Crippen LogP contribution < -0.4 is 4.90 Å². The smallest absolute Gasteiger partial charge is 0.254 e. The summed E-state index contributed by atoms with van der Waals surface area (Å²) in [5.74, 6) is -1.26. The van der Waals surface area contributed by atoms with Crippen LogP contribution in [0.5, 0.6) is 0 Å². The van der Waals surface area contributed by atoms with Crippen molar-refractivity contribution in [2.45, 2.75) is 5.25 Å². The second-order valence-electron chi connectivity index (χ2n) is 4.98. The standard InChI is InChI=1S/C16H11Cl2NO3S/c17-12-7-6-11(8-13(12)18)19-14(20)9-23(22)15(16(19)21)10-4-2-1-3-5-10/h1-8,15H,9H2. The molecule has 0 aliphatic carbocycles. The van der Waals surface area contributed by atoms with Gasteiger partial charge in [0.2, 0.25) is 5.91 Å². The highest BCUT2D eigenvalue weighted by Crippen LogP contribution is 2.33. The monoisotopic (exact) mass is 367 g/mol. The molecule has 0 aromatic heterocycles. The Morgan fingerprint density at radius 2 is 1.70 bits per heavy atom. The minimum atomic E-state index is -1.59. The minimum absolute atomic E-state index is 0.217. The van der Waals surface area contributed by atoms with Crippen LogP contribution in [-0.2, 0) is 20.4 Å². The number of anilines is 1. The third-order valence-electron chi connectivity index (χ3n) is 3.49. The first-order valence-electron chi connectivity index (χ1n) is 6.73. The lowest BCUT2D eigenvalue weighted by Gasteiger charge is -2.30. The molecular weight excluding hydrogens is 357 g/mol. The van der Waals surface area contributed by atoms with Gasteiger partial charge in [0, 0.05) is 10.8 Å². The van der Waals surface area contributed by atoms with E-state index in [4.69, 9.17) is 23.2 Å². The van der Waals surface area contributed by atoms with Crippen LogP contribution in [0.1, 0.15) is 10.8 Å². The zero-order valence-corrected chi connectivity index (χ0v) is 14.1. The van der Waals surface area contributed by atoms with E-state index in [0.29, 0.717) is 16.3 Å². The first-order valence-corrected chi connectivity index (χ1v) is 8.87. The lowest BCUT2D eigenvalue weighted by molar-refractivity contribution is -0.125. The van der Waals surface area contributed by atoms with Crippen LogP contribution >= 0.6 is 23.2 Å². The van der Waals surface area contributed by atoms with Gasteiger partial charge in [0.25, 0.3) is 5.91 Å². The van der Waals surface area contributed by atoms with Crippen LogP contribution in [0.25, 0.3) is 0 Å². The van der Waals surface area contributed by atoms with Crippen molar-refractivity contribution < 1.29 is 13.8 Å². The molecule has 1 aliphatic rings. The van der Waals surface area contributed by atoms with Gasteiger partial charge in [-0.3, -0.25) is 13.8 Å². The summed E-state index contributed by atoms with van der Waals surface area (Å²) in [7, 11) is -1.59. The van der Waals surface area contributed by atoms with Crippen LogP contribution in [0.4, 0.5) is 5.69 Å². The van der Waals surface area contributed by atoms with E-state index in [-0.39, 0.29) is 10.8 Å². The van der Waals surface area contributed by atoms with E-state index in [1.54, 1.807) is 30.3 Å². The summed E-state index contributed by atoms with van der Waals surface area (Å²) >= 11 is 11.8. The molecule has 1 fully saturated rings. The van der Waals surface area contributed by atoms with E-state index in [9.17, 15) is 13.8 Å². The summed E-state index contributed by atoms with van der Waals surface area (Å²) < 4.78 is 12.3. The average molecular weight is 368 g/mol. The number of benzene rings is 2. The normalized spacial score (nSPS) is 21.6. The maximum Gasteiger partial charge on any atom is 0.254 e. The SMILES string of the molecule is O=C1CS(=O)C(c2ccccc2)C(=O)N1c1ccc(Cl)c(Cl)c1. The van der Waals surface area contributed by atoms with Crippen molar-refractivity contribution in [3.8, 4) is 0 Å². The Hall–Kier alpha value is -1.69. The molecular formula is C16H11Cl2NO3S. The van der Waals surface area contributed by atoms with E-state index < -0.39 is 27.9 Å². The molecule has 2 atom stereocenters. The maximum absolute atomic E-state index is 12.8. The fraction of sp³-hybridized carbons (Fsp3) is 0.125. The number of rotatable bonds is 2. The predicted octanol–water partition coefficient (Wildman–Crippen LogP) is 3.36. The van der Waals surface area contributed by atoms with Crippen molar-refractivity contribution in [1.29, 1.82) is 0 Å². The van der Waals surface area contributed by atoms with Gasteiger partial charge in [0.15, 0.2) is 0 Å². The van der Waals surface area contributed by atoms with Crippen LogP contribution in [-0.4, -0.2) is 21.8 Å². The van der Waals surface area contributed by atoms with Gasteiger partial charge in [-0.05, 0) is 23.8 Å². The second kappa shape index (κ2) is 6.43. The summed E-state index contributed by atoms with van der Waals surface area (Å²) in [6.45, 7) is 0. The van der Waals surface area contributed by atoms with E-state index in [0.717, 1.165) is 4.90 Å². The van der Waals surface area contributed by atoms with Crippen molar-refractivity contribution in [1.82, 2.24) is 0 Å². The Balaban J connectivity index is 2.03. The maximum atomic E-state index is 12.8.